The Morgan fingerprint density at radius 2 is 1.94 bits per heavy atom. The Bertz CT molecular complexity index is 259. The van der Waals surface area contributed by atoms with Gasteiger partial charge in [0.2, 0.25) is 0 Å². The van der Waals surface area contributed by atoms with Gasteiger partial charge in [-0.25, -0.2) is 0 Å². The molecule has 16 heavy (non-hydrogen) atoms. The number of thioether (sulfide) groups is 1. The number of nitrogens with one attached hydrogen (secondary N) is 1. The van der Waals surface area contributed by atoms with Crippen molar-refractivity contribution in [2.24, 2.45) is 5.92 Å². The number of carboxylic acid groups (broad SMARTS) is 1. The zero-order valence-electron chi connectivity index (χ0n) is 9.82. The molecule has 0 spiro atoms. The van der Waals surface area contributed by atoms with Crippen molar-refractivity contribution >= 4 is 17.7 Å². The third kappa shape index (κ3) is 2.54. The predicted molar refractivity (Wildman–Crippen MR) is 66.8 cm³/mol. The van der Waals surface area contributed by atoms with E-state index in [1.54, 1.807) is 0 Å². The minimum atomic E-state index is -0.625. The summed E-state index contributed by atoms with van der Waals surface area (Å²) in [5, 5.41) is 13.3. The molecule has 0 radical (unpaired) electrons. The summed E-state index contributed by atoms with van der Waals surface area (Å²) in [5.41, 5.74) is 0. The molecule has 3 nitrogen and oxygen atoms in total. The van der Waals surface area contributed by atoms with Crippen LogP contribution in [-0.4, -0.2) is 34.7 Å². The highest BCUT2D eigenvalue weighted by Crippen LogP contribution is 2.32. The topological polar surface area (TPSA) is 49.3 Å². The van der Waals surface area contributed by atoms with Crippen LogP contribution in [0.4, 0.5) is 0 Å². The lowest BCUT2D eigenvalue weighted by Crippen LogP contribution is -2.54. The third-order valence-electron chi connectivity index (χ3n) is 4.03. The molecule has 2 aliphatic carbocycles. The van der Waals surface area contributed by atoms with Gasteiger partial charge < -0.3 is 10.4 Å². The van der Waals surface area contributed by atoms with E-state index in [1.807, 2.05) is 11.8 Å². The molecule has 0 bridgehead atoms. The summed E-state index contributed by atoms with van der Waals surface area (Å²) in [6.07, 6.45) is 9.17. The monoisotopic (exact) mass is 243 g/mol. The van der Waals surface area contributed by atoms with Gasteiger partial charge in [-0.15, -0.1) is 0 Å². The van der Waals surface area contributed by atoms with Crippen LogP contribution in [0.25, 0.3) is 0 Å². The molecule has 4 atom stereocenters. The fraction of sp³-hybridized carbons (Fsp3) is 0.917. The Kier molecular flexibility index (Phi) is 4.14. The molecular formula is C12H21NO2S. The van der Waals surface area contributed by atoms with E-state index in [0.717, 1.165) is 12.8 Å². The van der Waals surface area contributed by atoms with Crippen molar-refractivity contribution in [1.82, 2.24) is 5.32 Å². The lowest BCUT2D eigenvalue weighted by molar-refractivity contribution is -0.146. The Morgan fingerprint density at radius 3 is 2.50 bits per heavy atom. The van der Waals surface area contributed by atoms with E-state index in [1.165, 1.54) is 25.7 Å². The van der Waals surface area contributed by atoms with Crippen molar-refractivity contribution < 1.29 is 9.90 Å². The van der Waals surface area contributed by atoms with Crippen LogP contribution in [0, 0.1) is 5.92 Å². The van der Waals surface area contributed by atoms with Gasteiger partial charge in [0.25, 0.3) is 0 Å². The number of hydrogen-bond acceptors (Lipinski definition) is 3. The predicted octanol–water partition coefficient (Wildman–Crippen LogP) is 2.11. The van der Waals surface area contributed by atoms with Gasteiger partial charge in [-0.1, -0.05) is 12.8 Å². The van der Waals surface area contributed by atoms with Crippen LogP contribution >= 0.6 is 11.8 Å². The highest BCUT2D eigenvalue weighted by Gasteiger charge is 2.39. The van der Waals surface area contributed by atoms with Crippen LogP contribution in [0.3, 0.4) is 0 Å². The van der Waals surface area contributed by atoms with Gasteiger partial charge in [-0.2, -0.15) is 11.8 Å². The maximum Gasteiger partial charge on any atom is 0.308 e. The number of rotatable bonds is 4. The van der Waals surface area contributed by atoms with Gasteiger partial charge in [0.05, 0.1) is 5.92 Å². The zero-order valence-corrected chi connectivity index (χ0v) is 10.6. The molecule has 2 rings (SSSR count). The summed E-state index contributed by atoms with van der Waals surface area (Å²) in [5.74, 6) is -0.760. The molecule has 0 aromatic heterocycles. The SMILES string of the molecule is CSC1CCCCC1NC1CCC1C(=O)O. The minimum Gasteiger partial charge on any atom is -0.481 e. The van der Waals surface area contributed by atoms with Crippen LogP contribution in [-0.2, 0) is 4.79 Å². The van der Waals surface area contributed by atoms with Gasteiger partial charge in [0.15, 0.2) is 0 Å². The molecule has 4 unspecified atom stereocenters. The summed E-state index contributed by atoms with van der Waals surface area (Å²) >= 11 is 1.93. The molecule has 0 aromatic carbocycles. The second-order valence-corrected chi connectivity index (χ2v) is 6.04. The van der Waals surface area contributed by atoms with Crippen molar-refractivity contribution in [2.45, 2.75) is 55.9 Å². The smallest absolute Gasteiger partial charge is 0.308 e. The van der Waals surface area contributed by atoms with Gasteiger partial charge in [-0.3, -0.25) is 4.79 Å². The first-order chi connectivity index (χ1) is 7.72. The first kappa shape index (κ1) is 12.2. The molecular weight excluding hydrogens is 222 g/mol. The number of hydrogen-bond donors (Lipinski definition) is 2. The zero-order chi connectivity index (χ0) is 11.5. The second-order valence-electron chi connectivity index (χ2n) is 4.96. The van der Waals surface area contributed by atoms with Gasteiger partial charge >= 0.3 is 5.97 Å². The quantitative estimate of drug-likeness (QED) is 0.794. The largest absolute Gasteiger partial charge is 0.481 e. The molecule has 92 valence electrons. The normalized spacial score (nSPS) is 39.1. The van der Waals surface area contributed by atoms with Gasteiger partial charge in [0.1, 0.15) is 0 Å². The Labute approximate surface area is 101 Å². The Hall–Kier alpha value is -0.220. The van der Waals surface area contributed by atoms with E-state index in [4.69, 9.17) is 5.11 Å². The standard InChI is InChI=1S/C12H21NO2S/c1-16-11-5-3-2-4-10(11)13-9-7-6-8(9)12(14)15/h8-11,13H,2-7H2,1H3,(H,14,15). The summed E-state index contributed by atoms with van der Waals surface area (Å²) in [4.78, 5) is 10.9. The molecule has 0 amide bonds. The number of carboxylic acids is 1. The fourth-order valence-electron chi connectivity index (χ4n) is 2.84. The molecule has 4 heteroatoms. The maximum atomic E-state index is 10.9. The number of aliphatic carboxylic acids is 1. The van der Waals surface area contributed by atoms with Crippen LogP contribution in [0.15, 0.2) is 0 Å². The minimum absolute atomic E-state index is 0.135. The molecule has 0 aromatic rings. The summed E-state index contributed by atoms with van der Waals surface area (Å²) in [7, 11) is 0. The molecule has 2 N–H and O–H groups in total. The number of carbonyl (C=O) groups is 1. The van der Waals surface area contributed by atoms with E-state index in [9.17, 15) is 4.79 Å². The molecule has 2 saturated carbocycles. The molecule has 0 aliphatic heterocycles. The van der Waals surface area contributed by atoms with Crippen LogP contribution in [0.5, 0.6) is 0 Å². The van der Waals surface area contributed by atoms with E-state index in [2.05, 4.69) is 11.6 Å². The summed E-state index contributed by atoms with van der Waals surface area (Å²) in [6, 6.07) is 0.770. The van der Waals surface area contributed by atoms with Crippen molar-refractivity contribution in [3.63, 3.8) is 0 Å². The van der Waals surface area contributed by atoms with E-state index in [0.29, 0.717) is 11.3 Å². The lowest BCUT2D eigenvalue weighted by atomic mass is 9.78. The van der Waals surface area contributed by atoms with Gasteiger partial charge in [0, 0.05) is 17.3 Å². The highest BCUT2D eigenvalue weighted by molar-refractivity contribution is 7.99. The Balaban J connectivity index is 1.85. The lowest BCUT2D eigenvalue weighted by Gasteiger charge is -2.40. The third-order valence-corrected chi connectivity index (χ3v) is 5.19. The highest BCUT2D eigenvalue weighted by atomic mass is 32.2. The van der Waals surface area contributed by atoms with Crippen molar-refractivity contribution in [3.8, 4) is 0 Å². The van der Waals surface area contributed by atoms with Crippen LogP contribution in [0.2, 0.25) is 0 Å². The summed E-state index contributed by atoms with van der Waals surface area (Å²) < 4.78 is 0. The van der Waals surface area contributed by atoms with E-state index >= 15 is 0 Å². The maximum absolute atomic E-state index is 10.9. The van der Waals surface area contributed by atoms with Crippen molar-refractivity contribution in [1.29, 1.82) is 0 Å². The molecule has 0 saturated heterocycles. The first-order valence-electron chi connectivity index (χ1n) is 6.24. The molecule has 0 heterocycles. The van der Waals surface area contributed by atoms with Gasteiger partial charge in [-0.05, 0) is 31.9 Å². The first-order valence-corrected chi connectivity index (χ1v) is 7.53. The average Bonchev–Trinajstić information content (AvgIpc) is 2.24. The fourth-order valence-corrected chi connectivity index (χ4v) is 3.79. The Morgan fingerprint density at radius 1 is 1.19 bits per heavy atom. The van der Waals surface area contributed by atoms with Crippen molar-refractivity contribution in [2.75, 3.05) is 6.26 Å². The van der Waals surface area contributed by atoms with Crippen LogP contribution < -0.4 is 5.32 Å². The average molecular weight is 243 g/mol. The second kappa shape index (κ2) is 5.41. The van der Waals surface area contributed by atoms with Crippen molar-refractivity contribution in [3.05, 3.63) is 0 Å². The summed E-state index contributed by atoms with van der Waals surface area (Å²) in [6.45, 7) is 0. The van der Waals surface area contributed by atoms with Crippen LogP contribution in [0.1, 0.15) is 38.5 Å². The van der Waals surface area contributed by atoms with E-state index in [-0.39, 0.29) is 12.0 Å². The molecule has 2 fully saturated rings. The molecule has 2 aliphatic rings. The van der Waals surface area contributed by atoms with E-state index < -0.39 is 5.97 Å².